The molecular formula is H8F7Te. The molecule has 0 nitrogen and oxygen atoms in total. The zero-order valence-corrected chi connectivity index (χ0v) is 5.86. The van der Waals surface area contributed by atoms with Gasteiger partial charge in [0.2, 0.25) is 0 Å². The van der Waals surface area contributed by atoms with Gasteiger partial charge in [0.25, 0.3) is 0 Å². The first-order valence-electron chi connectivity index (χ1n) is 0. The molecule has 63 valence electrons. The molecule has 0 aromatic rings. The normalized spacial score (nSPS) is 0. The van der Waals surface area contributed by atoms with E-state index in [1.807, 2.05) is 0 Å². The minimum atomic E-state index is 0. The van der Waals surface area contributed by atoms with Crippen molar-refractivity contribution in [2.24, 2.45) is 0 Å². The van der Waals surface area contributed by atoms with Gasteiger partial charge in [-0.25, -0.2) is 0 Å². The summed E-state index contributed by atoms with van der Waals surface area (Å²) in [6.45, 7) is 0. The summed E-state index contributed by atoms with van der Waals surface area (Å²) in [5.74, 6) is 0. The van der Waals surface area contributed by atoms with Crippen LogP contribution in [0.4, 0.5) is 32.9 Å². The average Bonchev–Trinajstić information content (AvgIpc) is 0. The van der Waals surface area contributed by atoms with Gasteiger partial charge in [-0.05, 0) is 0 Å². The van der Waals surface area contributed by atoms with Gasteiger partial charge in [0, 0.05) is 0 Å². The second kappa shape index (κ2) is 3230. The van der Waals surface area contributed by atoms with Crippen LogP contribution in [0.3, 0.4) is 0 Å². The van der Waals surface area contributed by atoms with Crippen LogP contribution < -0.4 is 0 Å². The molecule has 0 bridgehead atoms. The van der Waals surface area contributed by atoms with Gasteiger partial charge in [0.05, 0.1) is 0 Å². The summed E-state index contributed by atoms with van der Waals surface area (Å²) in [4.78, 5) is 0. The molecule has 0 saturated carbocycles. The van der Waals surface area contributed by atoms with E-state index in [4.69, 9.17) is 0 Å². The van der Waals surface area contributed by atoms with Crippen molar-refractivity contribution >= 4 is 23.7 Å². The van der Waals surface area contributed by atoms with E-state index < -0.39 is 0 Å². The van der Waals surface area contributed by atoms with E-state index in [-0.39, 0.29) is 56.6 Å². The molecule has 0 aliphatic rings. The topological polar surface area (TPSA) is 0 Å². The molecule has 0 unspecified atom stereocenters. The average molecular weight is 269 g/mol. The first kappa shape index (κ1) is 4930. The van der Waals surface area contributed by atoms with Crippen LogP contribution in [0, 0.1) is 0 Å². The second-order valence-corrected chi connectivity index (χ2v) is 0. The van der Waals surface area contributed by atoms with Gasteiger partial charge < -0.3 is 0 Å². The molecule has 8 heteroatoms. The van der Waals surface area contributed by atoms with E-state index in [1.54, 1.807) is 0 Å². The predicted octanol–water partition coefficient (Wildman–Crippen LogP) is 0.419. The molecule has 1 radical (unpaired) electrons. The summed E-state index contributed by atoms with van der Waals surface area (Å²) >= 11 is 0. The SMILES string of the molecule is F.F.F.F.F.F.F.[TeH]. The Morgan fingerprint density at radius 3 is 0.250 bits per heavy atom. The molecule has 0 amide bonds. The van der Waals surface area contributed by atoms with Crippen molar-refractivity contribution in [3.8, 4) is 0 Å². The van der Waals surface area contributed by atoms with Crippen LogP contribution in [0.15, 0.2) is 0 Å². The molecular weight excluding hydrogens is 261 g/mol. The fourth-order valence-electron chi connectivity index (χ4n) is 0. The quantitative estimate of drug-likeness (QED) is 0.441. The zero-order valence-electron chi connectivity index (χ0n) is 3.30. The van der Waals surface area contributed by atoms with Crippen LogP contribution in [-0.4, -0.2) is 23.7 Å². The second-order valence-electron chi connectivity index (χ2n) is 0. The summed E-state index contributed by atoms with van der Waals surface area (Å²) in [7, 11) is 0. The van der Waals surface area contributed by atoms with Crippen LogP contribution in [-0.2, 0) is 0 Å². The molecule has 0 atom stereocenters. The van der Waals surface area contributed by atoms with Gasteiger partial charge in [0.15, 0.2) is 0 Å². The van der Waals surface area contributed by atoms with Crippen LogP contribution in [0.5, 0.6) is 0 Å². The Balaban J connectivity index is 0. The van der Waals surface area contributed by atoms with Crippen molar-refractivity contribution in [3.63, 3.8) is 0 Å². The third kappa shape index (κ3) is 1970. The van der Waals surface area contributed by atoms with Crippen LogP contribution in [0.25, 0.3) is 0 Å². The fraction of sp³-hybridized carbons (Fsp3) is 0. The van der Waals surface area contributed by atoms with E-state index in [9.17, 15) is 0 Å². The summed E-state index contributed by atoms with van der Waals surface area (Å²) in [6, 6.07) is 0. The van der Waals surface area contributed by atoms with Gasteiger partial charge in [0.1, 0.15) is 0 Å². The van der Waals surface area contributed by atoms with Gasteiger partial charge in [-0.1, -0.05) is 0 Å². The van der Waals surface area contributed by atoms with E-state index in [0.29, 0.717) is 0 Å². The Morgan fingerprint density at radius 1 is 0.250 bits per heavy atom. The third-order valence-corrected chi connectivity index (χ3v) is 0. The third-order valence-electron chi connectivity index (χ3n) is 0. The Morgan fingerprint density at radius 2 is 0.250 bits per heavy atom. The van der Waals surface area contributed by atoms with Gasteiger partial charge in [-0.15, -0.1) is 0 Å². The zero-order chi connectivity index (χ0) is 0. The van der Waals surface area contributed by atoms with Crippen LogP contribution >= 0.6 is 0 Å². The van der Waals surface area contributed by atoms with Crippen molar-refractivity contribution in [3.05, 3.63) is 0 Å². The Kier molecular flexibility index (Phi) is 1990000. The number of halogens is 7. The molecule has 0 rings (SSSR count). The summed E-state index contributed by atoms with van der Waals surface area (Å²) in [6.07, 6.45) is 0. The maximum atomic E-state index is 0. The number of hydrogen-bond donors (Lipinski definition) is 0. The molecule has 0 heterocycles. The monoisotopic (exact) mass is 271 g/mol. The van der Waals surface area contributed by atoms with Crippen molar-refractivity contribution < 1.29 is 32.9 Å². The molecule has 0 aromatic heterocycles. The first-order chi connectivity index (χ1) is 0. The Bertz CT molecular complexity index is 4.35. The minimum absolute atomic E-state index is 0. The molecule has 8 heavy (non-hydrogen) atoms. The number of rotatable bonds is 0. The molecule has 0 aromatic carbocycles. The number of hydrogen-bond acceptors (Lipinski definition) is 0. The van der Waals surface area contributed by atoms with E-state index >= 15 is 0 Å². The van der Waals surface area contributed by atoms with Gasteiger partial charge in [-0.2, -0.15) is 0 Å². The Hall–Kier alpha value is 0.300. The summed E-state index contributed by atoms with van der Waals surface area (Å²) in [5.41, 5.74) is 0. The molecule has 0 N–H and O–H groups in total. The molecule has 0 aliphatic heterocycles. The van der Waals surface area contributed by atoms with E-state index in [0.717, 1.165) is 0 Å². The maximum absolute atomic E-state index is 0. The van der Waals surface area contributed by atoms with Crippen LogP contribution in [0.2, 0.25) is 0 Å². The van der Waals surface area contributed by atoms with Crippen molar-refractivity contribution in [1.82, 2.24) is 0 Å². The molecule has 0 aliphatic carbocycles. The molecule has 0 fully saturated rings. The molecule has 0 saturated heterocycles. The standard InChI is InChI=1S/7FH.HTe/h8*1H. The summed E-state index contributed by atoms with van der Waals surface area (Å²) in [5, 5.41) is 0. The van der Waals surface area contributed by atoms with Crippen molar-refractivity contribution in [1.29, 1.82) is 0 Å². The van der Waals surface area contributed by atoms with Crippen molar-refractivity contribution in [2.75, 3.05) is 0 Å². The predicted molar refractivity (Wildman–Crippen MR) is 24.7 cm³/mol. The van der Waals surface area contributed by atoms with Crippen molar-refractivity contribution in [2.45, 2.75) is 0 Å². The molecule has 0 spiro atoms. The fourth-order valence-corrected chi connectivity index (χ4v) is 0. The summed E-state index contributed by atoms with van der Waals surface area (Å²) < 4.78 is 0. The van der Waals surface area contributed by atoms with E-state index in [1.165, 1.54) is 0 Å². The van der Waals surface area contributed by atoms with E-state index in [2.05, 4.69) is 0 Å². The Labute approximate surface area is 57.3 Å². The first-order valence-corrected chi connectivity index (χ1v) is 0. The van der Waals surface area contributed by atoms with Gasteiger partial charge in [-0.3, -0.25) is 32.9 Å². The van der Waals surface area contributed by atoms with Gasteiger partial charge >= 0.3 is 23.7 Å². The van der Waals surface area contributed by atoms with Crippen LogP contribution in [0.1, 0.15) is 0 Å².